The number of aromatic nitrogens is 3. The standard InChI is InChI=1S/C14H14N4O4S/c19-11(20)6-9-8-18(4-5-22-9)14(21)10-7-17-13(23-10)12-15-2-1-3-16-12/h1-3,7,9H,4-6,8H2,(H,19,20). The van der Waals surface area contributed by atoms with Crippen molar-refractivity contribution in [1.29, 1.82) is 0 Å². The summed E-state index contributed by atoms with van der Waals surface area (Å²) in [5.74, 6) is -0.642. The Morgan fingerprint density at radius 2 is 2.13 bits per heavy atom. The van der Waals surface area contributed by atoms with Crippen LogP contribution in [0.25, 0.3) is 10.8 Å². The molecular formula is C14H14N4O4S. The molecule has 0 radical (unpaired) electrons. The molecule has 1 atom stereocenters. The minimum atomic E-state index is -0.939. The van der Waals surface area contributed by atoms with E-state index in [1.807, 2.05) is 0 Å². The highest BCUT2D eigenvalue weighted by molar-refractivity contribution is 7.16. The predicted octanol–water partition coefficient (Wildman–Crippen LogP) is 0.916. The van der Waals surface area contributed by atoms with Gasteiger partial charge in [-0.3, -0.25) is 9.59 Å². The molecule has 23 heavy (non-hydrogen) atoms. The molecule has 120 valence electrons. The van der Waals surface area contributed by atoms with Crippen LogP contribution in [0.3, 0.4) is 0 Å². The van der Waals surface area contributed by atoms with E-state index >= 15 is 0 Å². The Kier molecular flexibility index (Phi) is 4.58. The van der Waals surface area contributed by atoms with E-state index in [1.165, 1.54) is 17.5 Å². The zero-order chi connectivity index (χ0) is 16.2. The average Bonchev–Trinajstić information content (AvgIpc) is 3.04. The van der Waals surface area contributed by atoms with Crippen LogP contribution in [0, 0.1) is 0 Å². The first kappa shape index (κ1) is 15.5. The molecule has 2 aromatic rings. The first-order chi connectivity index (χ1) is 11.1. The molecule has 0 bridgehead atoms. The van der Waals surface area contributed by atoms with Crippen LogP contribution in [0.5, 0.6) is 0 Å². The Labute approximate surface area is 135 Å². The summed E-state index contributed by atoms with van der Waals surface area (Å²) in [6, 6.07) is 1.71. The molecule has 3 rings (SSSR count). The van der Waals surface area contributed by atoms with Crippen LogP contribution in [-0.2, 0) is 9.53 Å². The third-order valence-corrected chi connectivity index (χ3v) is 4.28. The number of carboxylic acids is 1. The summed E-state index contributed by atoms with van der Waals surface area (Å²) in [5.41, 5.74) is 0. The number of morpholine rings is 1. The topological polar surface area (TPSA) is 106 Å². The molecule has 3 heterocycles. The van der Waals surface area contributed by atoms with Crippen molar-refractivity contribution >= 4 is 23.2 Å². The second-order valence-corrected chi connectivity index (χ2v) is 5.97. The van der Waals surface area contributed by atoms with E-state index in [0.29, 0.717) is 28.9 Å². The summed E-state index contributed by atoms with van der Waals surface area (Å²) in [7, 11) is 0. The van der Waals surface area contributed by atoms with Gasteiger partial charge in [0.25, 0.3) is 5.91 Å². The number of thiazole rings is 1. The Morgan fingerprint density at radius 3 is 2.87 bits per heavy atom. The SMILES string of the molecule is O=C(O)CC1CN(C(=O)c2cnc(-c3ncccn3)s2)CCO1. The van der Waals surface area contributed by atoms with Crippen molar-refractivity contribution in [2.24, 2.45) is 0 Å². The maximum Gasteiger partial charge on any atom is 0.306 e. The first-order valence-electron chi connectivity index (χ1n) is 6.99. The summed E-state index contributed by atoms with van der Waals surface area (Å²) >= 11 is 1.22. The molecule has 0 aliphatic carbocycles. The highest BCUT2D eigenvalue weighted by Gasteiger charge is 2.27. The smallest absolute Gasteiger partial charge is 0.306 e. The zero-order valence-electron chi connectivity index (χ0n) is 12.1. The van der Waals surface area contributed by atoms with Crippen LogP contribution < -0.4 is 0 Å². The van der Waals surface area contributed by atoms with Gasteiger partial charge in [0.2, 0.25) is 0 Å². The largest absolute Gasteiger partial charge is 0.481 e. The lowest BCUT2D eigenvalue weighted by Gasteiger charge is -2.31. The van der Waals surface area contributed by atoms with Crippen molar-refractivity contribution in [3.8, 4) is 10.8 Å². The quantitative estimate of drug-likeness (QED) is 0.886. The molecule has 0 spiro atoms. The minimum Gasteiger partial charge on any atom is -0.481 e. The fourth-order valence-electron chi connectivity index (χ4n) is 2.26. The molecule has 9 heteroatoms. The molecular weight excluding hydrogens is 320 g/mol. The van der Waals surface area contributed by atoms with Crippen molar-refractivity contribution in [1.82, 2.24) is 19.9 Å². The molecule has 8 nitrogen and oxygen atoms in total. The highest BCUT2D eigenvalue weighted by atomic mass is 32.1. The van der Waals surface area contributed by atoms with Gasteiger partial charge in [-0.25, -0.2) is 15.0 Å². The molecule has 2 aromatic heterocycles. The molecule has 0 aromatic carbocycles. The van der Waals surface area contributed by atoms with Crippen LogP contribution in [-0.4, -0.2) is 62.6 Å². The summed E-state index contributed by atoms with van der Waals surface area (Å²) < 4.78 is 5.37. The van der Waals surface area contributed by atoms with E-state index in [0.717, 1.165) is 0 Å². The number of ether oxygens (including phenoxy) is 1. The third kappa shape index (κ3) is 3.69. The van der Waals surface area contributed by atoms with Crippen LogP contribution in [0.1, 0.15) is 16.1 Å². The number of carboxylic acid groups (broad SMARTS) is 1. The van der Waals surface area contributed by atoms with E-state index in [-0.39, 0.29) is 18.9 Å². The van der Waals surface area contributed by atoms with Crippen LogP contribution in [0.15, 0.2) is 24.7 Å². The van der Waals surface area contributed by atoms with Gasteiger partial charge in [0.15, 0.2) is 10.8 Å². The van der Waals surface area contributed by atoms with Crippen molar-refractivity contribution in [2.45, 2.75) is 12.5 Å². The molecule has 1 N–H and O–H groups in total. The van der Waals surface area contributed by atoms with Crippen molar-refractivity contribution in [3.05, 3.63) is 29.5 Å². The van der Waals surface area contributed by atoms with Crippen molar-refractivity contribution < 1.29 is 19.4 Å². The molecule has 0 saturated carbocycles. The van der Waals surface area contributed by atoms with Gasteiger partial charge in [-0.05, 0) is 6.07 Å². The van der Waals surface area contributed by atoms with E-state index in [9.17, 15) is 9.59 Å². The minimum absolute atomic E-state index is 0.116. The lowest BCUT2D eigenvalue weighted by Crippen LogP contribution is -2.46. The maximum absolute atomic E-state index is 12.5. The summed E-state index contributed by atoms with van der Waals surface area (Å²) in [6.45, 7) is 1.03. The van der Waals surface area contributed by atoms with Crippen LogP contribution in [0.4, 0.5) is 0 Å². The lowest BCUT2D eigenvalue weighted by atomic mass is 10.2. The van der Waals surface area contributed by atoms with Gasteiger partial charge >= 0.3 is 5.97 Å². The Hall–Kier alpha value is -2.39. The molecule has 1 amide bonds. The van der Waals surface area contributed by atoms with Gasteiger partial charge in [-0.2, -0.15) is 0 Å². The molecule has 1 unspecified atom stereocenters. The first-order valence-corrected chi connectivity index (χ1v) is 7.81. The molecule has 1 fully saturated rings. The second kappa shape index (κ2) is 6.80. The van der Waals surface area contributed by atoms with Crippen LogP contribution >= 0.6 is 11.3 Å². The molecule has 1 aliphatic rings. The fraction of sp³-hybridized carbons (Fsp3) is 0.357. The number of aliphatic carboxylic acids is 1. The van der Waals surface area contributed by atoms with E-state index in [2.05, 4.69) is 15.0 Å². The van der Waals surface area contributed by atoms with Gasteiger partial charge in [-0.15, -0.1) is 11.3 Å². The average molecular weight is 334 g/mol. The van der Waals surface area contributed by atoms with E-state index in [1.54, 1.807) is 23.4 Å². The number of carbonyl (C=O) groups excluding carboxylic acids is 1. The number of amides is 1. The summed E-state index contributed by atoms with van der Waals surface area (Å²) in [4.78, 5) is 37.8. The van der Waals surface area contributed by atoms with E-state index in [4.69, 9.17) is 9.84 Å². The third-order valence-electron chi connectivity index (χ3n) is 3.30. The predicted molar refractivity (Wildman–Crippen MR) is 81.0 cm³/mol. The van der Waals surface area contributed by atoms with Gasteiger partial charge in [-0.1, -0.05) is 0 Å². The maximum atomic E-state index is 12.5. The highest BCUT2D eigenvalue weighted by Crippen LogP contribution is 2.23. The normalized spacial score (nSPS) is 17.9. The Bertz CT molecular complexity index is 706. The number of nitrogens with zero attached hydrogens (tertiary/aromatic N) is 4. The van der Waals surface area contributed by atoms with Crippen molar-refractivity contribution in [3.63, 3.8) is 0 Å². The molecule has 1 saturated heterocycles. The van der Waals surface area contributed by atoms with Crippen LogP contribution in [0.2, 0.25) is 0 Å². The monoisotopic (exact) mass is 334 g/mol. The summed E-state index contributed by atoms with van der Waals surface area (Å²) in [6.07, 6.45) is 4.14. The zero-order valence-corrected chi connectivity index (χ0v) is 12.9. The van der Waals surface area contributed by atoms with Gasteiger partial charge in [0.1, 0.15) is 4.88 Å². The van der Waals surface area contributed by atoms with Gasteiger partial charge < -0.3 is 14.7 Å². The van der Waals surface area contributed by atoms with Gasteiger partial charge in [0, 0.05) is 25.5 Å². The molecule has 1 aliphatic heterocycles. The number of hydrogen-bond acceptors (Lipinski definition) is 7. The Morgan fingerprint density at radius 1 is 1.35 bits per heavy atom. The summed E-state index contributed by atoms with van der Waals surface area (Å²) in [5, 5.41) is 9.41. The van der Waals surface area contributed by atoms with Gasteiger partial charge in [0.05, 0.1) is 25.3 Å². The van der Waals surface area contributed by atoms with Crippen molar-refractivity contribution in [2.75, 3.05) is 19.7 Å². The van der Waals surface area contributed by atoms with E-state index < -0.39 is 12.1 Å². The number of hydrogen-bond donors (Lipinski definition) is 1. The second-order valence-electron chi connectivity index (χ2n) is 4.94. The number of carbonyl (C=O) groups is 2. The fourth-order valence-corrected chi connectivity index (χ4v) is 3.10. The number of rotatable bonds is 4. The lowest BCUT2D eigenvalue weighted by molar-refractivity contribution is -0.141. The Balaban J connectivity index is 1.71.